The number of nitrogens with one attached hydrogen (secondary N) is 1. The lowest BCUT2D eigenvalue weighted by Crippen LogP contribution is -2.38. The Bertz CT molecular complexity index is 312. The Hall–Kier alpha value is -0.130. The molecule has 1 aliphatic carbocycles. The normalized spacial score (nSPS) is 19.0. The van der Waals surface area contributed by atoms with Crippen LogP contribution in [-0.4, -0.2) is 22.2 Å². The first-order chi connectivity index (χ1) is 6.68. The minimum Gasteiger partial charge on any atom is -0.390 e. The Morgan fingerprint density at radius 3 is 2.93 bits per heavy atom. The van der Waals surface area contributed by atoms with Gasteiger partial charge in [0.1, 0.15) is 4.60 Å². The molecule has 0 bridgehead atoms. The maximum absolute atomic E-state index is 9.83. The van der Waals surface area contributed by atoms with Gasteiger partial charge < -0.3 is 10.4 Å². The van der Waals surface area contributed by atoms with Gasteiger partial charge in [0.15, 0.2) is 5.13 Å². The zero-order chi connectivity index (χ0) is 10.0. The SMILES string of the molecule is OC1(CCNc2nc(Br)cs2)CCC1. The van der Waals surface area contributed by atoms with Gasteiger partial charge in [-0.3, -0.25) is 0 Å². The quantitative estimate of drug-likeness (QED) is 0.889. The molecule has 0 atom stereocenters. The standard InChI is InChI=1S/C9H13BrN2OS/c10-7-6-14-8(12-7)11-5-4-9(13)2-1-3-9/h6,13H,1-5H2,(H,11,12). The zero-order valence-corrected chi connectivity index (χ0v) is 10.2. The maximum Gasteiger partial charge on any atom is 0.183 e. The third kappa shape index (κ3) is 2.46. The van der Waals surface area contributed by atoms with Crippen molar-refractivity contribution in [2.45, 2.75) is 31.3 Å². The van der Waals surface area contributed by atoms with E-state index in [9.17, 15) is 5.11 Å². The van der Waals surface area contributed by atoms with Gasteiger partial charge in [-0.1, -0.05) is 0 Å². The van der Waals surface area contributed by atoms with Crippen molar-refractivity contribution < 1.29 is 5.11 Å². The second-order valence-electron chi connectivity index (χ2n) is 3.73. The minimum absolute atomic E-state index is 0.387. The van der Waals surface area contributed by atoms with Gasteiger partial charge in [0.25, 0.3) is 0 Å². The van der Waals surface area contributed by atoms with Crippen LogP contribution in [0.5, 0.6) is 0 Å². The van der Waals surface area contributed by atoms with E-state index in [0.29, 0.717) is 0 Å². The summed E-state index contributed by atoms with van der Waals surface area (Å²) in [6.45, 7) is 0.802. The summed E-state index contributed by atoms with van der Waals surface area (Å²) >= 11 is 4.87. The largest absolute Gasteiger partial charge is 0.390 e. The van der Waals surface area contributed by atoms with Crippen LogP contribution in [0.15, 0.2) is 9.98 Å². The number of rotatable bonds is 4. The summed E-state index contributed by atoms with van der Waals surface area (Å²) in [6.07, 6.45) is 3.90. The van der Waals surface area contributed by atoms with Crippen LogP contribution in [0.1, 0.15) is 25.7 Å². The van der Waals surface area contributed by atoms with E-state index in [1.54, 1.807) is 11.3 Å². The van der Waals surface area contributed by atoms with Gasteiger partial charge in [0, 0.05) is 11.9 Å². The predicted molar refractivity (Wildman–Crippen MR) is 61.7 cm³/mol. The van der Waals surface area contributed by atoms with E-state index in [-0.39, 0.29) is 5.60 Å². The van der Waals surface area contributed by atoms with Crippen LogP contribution >= 0.6 is 27.3 Å². The van der Waals surface area contributed by atoms with Gasteiger partial charge in [0.2, 0.25) is 0 Å². The van der Waals surface area contributed by atoms with Gasteiger partial charge in [-0.05, 0) is 41.6 Å². The molecule has 1 fully saturated rings. The Balaban J connectivity index is 1.72. The number of nitrogens with zero attached hydrogens (tertiary/aromatic N) is 1. The molecule has 0 spiro atoms. The molecule has 1 aliphatic rings. The molecule has 0 unspecified atom stereocenters. The first kappa shape index (κ1) is 10.4. The molecular formula is C9H13BrN2OS. The molecule has 5 heteroatoms. The Kier molecular flexibility index (Phi) is 3.09. The van der Waals surface area contributed by atoms with Crippen molar-refractivity contribution in [1.29, 1.82) is 0 Å². The fourth-order valence-electron chi connectivity index (χ4n) is 1.57. The number of aliphatic hydroxyl groups is 1. The summed E-state index contributed by atoms with van der Waals surface area (Å²) in [5.74, 6) is 0. The van der Waals surface area contributed by atoms with Gasteiger partial charge >= 0.3 is 0 Å². The van der Waals surface area contributed by atoms with E-state index >= 15 is 0 Å². The van der Waals surface area contributed by atoms with Crippen LogP contribution in [0.2, 0.25) is 0 Å². The molecule has 3 nitrogen and oxygen atoms in total. The molecule has 0 amide bonds. The summed E-state index contributed by atoms with van der Waals surface area (Å²) in [5.41, 5.74) is -0.387. The van der Waals surface area contributed by atoms with E-state index in [4.69, 9.17) is 0 Å². The second kappa shape index (κ2) is 4.16. The summed E-state index contributed by atoms with van der Waals surface area (Å²) in [7, 11) is 0. The van der Waals surface area contributed by atoms with Crippen molar-refractivity contribution in [2.75, 3.05) is 11.9 Å². The second-order valence-corrected chi connectivity index (χ2v) is 5.40. The third-order valence-corrected chi connectivity index (χ3v) is 4.14. The first-order valence-electron chi connectivity index (χ1n) is 4.75. The lowest BCUT2D eigenvalue weighted by atomic mass is 9.78. The van der Waals surface area contributed by atoms with Crippen molar-refractivity contribution >= 4 is 32.4 Å². The van der Waals surface area contributed by atoms with Crippen LogP contribution in [0.3, 0.4) is 0 Å². The molecular weight excluding hydrogens is 264 g/mol. The molecule has 78 valence electrons. The van der Waals surface area contributed by atoms with Crippen LogP contribution in [0.4, 0.5) is 5.13 Å². The van der Waals surface area contributed by atoms with Crippen LogP contribution < -0.4 is 5.32 Å². The third-order valence-electron chi connectivity index (χ3n) is 2.63. The molecule has 0 aliphatic heterocycles. The molecule has 0 saturated heterocycles. The molecule has 0 aromatic carbocycles. The number of aromatic nitrogens is 1. The Morgan fingerprint density at radius 2 is 2.43 bits per heavy atom. The lowest BCUT2D eigenvalue weighted by molar-refractivity contribution is -0.0370. The van der Waals surface area contributed by atoms with E-state index in [1.807, 2.05) is 5.38 Å². The van der Waals surface area contributed by atoms with Crippen molar-refractivity contribution in [1.82, 2.24) is 4.98 Å². The van der Waals surface area contributed by atoms with Crippen LogP contribution in [0.25, 0.3) is 0 Å². The number of hydrogen-bond donors (Lipinski definition) is 2. The average Bonchev–Trinajstić information content (AvgIpc) is 2.49. The van der Waals surface area contributed by atoms with E-state index < -0.39 is 0 Å². The minimum atomic E-state index is -0.387. The smallest absolute Gasteiger partial charge is 0.183 e. The zero-order valence-electron chi connectivity index (χ0n) is 7.79. The van der Waals surface area contributed by atoms with E-state index in [1.165, 1.54) is 6.42 Å². The van der Waals surface area contributed by atoms with Crippen molar-refractivity contribution in [3.63, 3.8) is 0 Å². The highest BCUT2D eigenvalue weighted by Gasteiger charge is 2.33. The lowest BCUT2D eigenvalue weighted by Gasteiger charge is -2.36. The van der Waals surface area contributed by atoms with Crippen molar-refractivity contribution in [2.24, 2.45) is 0 Å². The topological polar surface area (TPSA) is 45.1 Å². The maximum atomic E-state index is 9.83. The van der Waals surface area contributed by atoms with Gasteiger partial charge in [-0.2, -0.15) is 0 Å². The molecule has 0 radical (unpaired) electrons. The van der Waals surface area contributed by atoms with Gasteiger partial charge in [-0.15, -0.1) is 11.3 Å². The number of halogens is 1. The highest BCUT2D eigenvalue weighted by Crippen LogP contribution is 2.34. The number of hydrogen-bond acceptors (Lipinski definition) is 4. The average molecular weight is 277 g/mol. The Morgan fingerprint density at radius 1 is 1.64 bits per heavy atom. The predicted octanol–water partition coefficient (Wildman–Crippen LogP) is 2.62. The highest BCUT2D eigenvalue weighted by molar-refractivity contribution is 9.10. The molecule has 1 heterocycles. The van der Waals surface area contributed by atoms with Gasteiger partial charge in [0.05, 0.1) is 5.60 Å². The van der Waals surface area contributed by atoms with Crippen LogP contribution in [-0.2, 0) is 0 Å². The number of thiazole rings is 1. The Labute approximate surface area is 95.7 Å². The summed E-state index contributed by atoms with van der Waals surface area (Å²) in [6, 6.07) is 0. The van der Waals surface area contributed by atoms with E-state index in [2.05, 4.69) is 26.2 Å². The molecule has 2 rings (SSSR count). The van der Waals surface area contributed by atoms with E-state index in [0.717, 1.165) is 35.5 Å². The molecule has 1 aromatic rings. The molecule has 1 aromatic heterocycles. The fourth-order valence-corrected chi connectivity index (χ4v) is 2.75. The van der Waals surface area contributed by atoms with Crippen molar-refractivity contribution in [3.8, 4) is 0 Å². The number of anilines is 1. The summed E-state index contributed by atoms with van der Waals surface area (Å²) in [4.78, 5) is 4.22. The van der Waals surface area contributed by atoms with Gasteiger partial charge in [-0.25, -0.2) is 4.98 Å². The van der Waals surface area contributed by atoms with Crippen molar-refractivity contribution in [3.05, 3.63) is 9.98 Å². The molecule has 1 saturated carbocycles. The summed E-state index contributed by atoms with van der Waals surface area (Å²) in [5, 5.41) is 15.9. The highest BCUT2D eigenvalue weighted by atomic mass is 79.9. The fraction of sp³-hybridized carbons (Fsp3) is 0.667. The summed E-state index contributed by atoms with van der Waals surface area (Å²) < 4.78 is 0.868. The first-order valence-corrected chi connectivity index (χ1v) is 6.43. The molecule has 14 heavy (non-hydrogen) atoms. The van der Waals surface area contributed by atoms with Crippen LogP contribution in [0, 0.1) is 0 Å². The molecule has 2 N–H and O–H groups in total. The monoisotopic (exact) mass is 276 g/mol.